The molecule has 1 saturated heterocycles. The number of nitrogens with two attached hydrogens (primary N) is 1. The molecule has 0 radical (unpaired) electrons. The van der Waals surface area contributed by atoms with E-state index >= 15 is 0 Å². The first-order chi connectivity index (χ1) is 5.95. The molecular formula is C6H11NO6. The number of aliphatic hydroxyl groups excluding tert-OH is 3. The van der Waals surface area contributed by atoms with E-state index in [2.05, 4.69) is 4.74 Å². The van der Waals surface area contributed by atoms with E-state index < -0.39 is 36.6 Å². The van der Waals surface area contributed by atoms with E-state index in [-0.39, 0.29) is 0 Å². The van der Waals surface area contributed by atoms with E-state index in [1.54, 1.807) is 0 Å². The molecule has 5 atom stereocenters. The molecule has 0 spiro atoms. The number of hydrogen-bond acceptors (Lipinski definition) is 6. The van der Waals surface area contributed by atoms with Gasteiger partial charge in [0.25, 0.3) is 0 Å². The van der Waals surface area contributed by atoms with Gasteiger partial charge in [-0.1, -0.05) is 0 Å². The van der Waals surface area contributed by atoms with Gasteiger partial charge in [0.15, 0.2) is 12.4 Å². The van der Waals surface area contributed by atoms with E-state index in [9.17, 15) is 4.79 Å². The number of carboxylic acids is 1. The van der Waals surface area contributed by atoms with Gasteiger partial charge in [-0.25, -0.2) is 4.79 Å². The molecule has 1 fully saturated rings. The molecule has 0 aromatic rings. The fourth-order valence-electron chi connectivity index (χ4n) is 1.10. The number of carboxylic acid groups (broad SMARTS) is 1. The molecule has 1 aliphatic heterocycles. The minimum absolute atomic E-state index is 1.20. The largest absolute Gasteiger partial charge is 0.479 e. The van der Waals surface area contributed by atoms with Crippen molar-refractivity contribution in [2.24, 2.45) is 5.73 Å². The van der Waals surface area contributed by atoms with Crippen molar-refractivity contribution in [2.75, 3.05) is 0 Å². The maximum atomic E-state index is 10.4. The van der Waals surface area contributed by atoms with Crippen LogP contribution in [0.4, 0.5) is 0 Å². The van der Waals surface area contributed by atoms with Crippen molar-refractivity contribution in [3.05, 3.63) is 0 Å². The Morgan fingerprint density at radius 2 is 1.77 bits per heavy atom. The third-order valence-electron chi connectivity index (χ3n) is 1.91. The van der Waals surface area contributed by atoms with Gasteiger partial charge in [0, 0.05) is 0 Å². The van der Waals surface area contributed by atoms with Crippen LogP contribution in [0, 0.1) is 0 Å². The monoisotopic (exact) mass is 193 g/mol. The average molecular weight is 193 g/mol. The second kappa shape index (κ2) is 3.56. The number of ether oxygens (including phenoxy) is 1. The Morgan fingerprint density at radius 1 is 1.23 bits per heavy atom. The minimum Gasteiger partial charge on any atom is -0.479 e. The van der Waals surface area contributed by atoms with Crippen molar-refractivity contribution in [3.8, 4) is 0 Å². The van der Waals surface area contributed by atoms with E-state index in [0.29, 0.717) is 0 Å². The predicted octanol–water partition coefficient (Wildman–Crippen LogP) is -3.16. The van der Waals surface area contributed by atoms with Crippen molar-refractivity contribution in [1.82, 2.24) is 0 Å². The van der Waals surface area contributed by atoms with Gasteiger partial charge in [-0.05, 0) is 0 Å². The maximum Gasteiger partial charge on any atom is 0.335 e. The Hall–Kier alpha value is -0.730. The molecule has 6 N–H and O–H groups in total. The molecule has 0 aromatic carbocycles. The van der Waals surface area contributed by atoms with E-state index in [1.165, 1.54) is 0 Å². The van der Waals surface area contributed by atoms with Crippen LogP contribution in [-0.4, -0.2) is 57.0 Å². The highest BCUT2D eigenvalue weighted by molar-refractivity contribution is 5.73. The zero-order chi connectivity index (χ0) is 10.2. The summed E-state index contributed by atoms with van der Waals surface area (Å²) in [5.41, 5.74) is 5.20. The first kappa shape index (κ1) is 10.4. The van der Waals surface area contributed by atoms with Crippen LogP contribution in [0.15, 0.2) is 0 Å². The molecule has 1 rings (SSSR count). The summed E-state index contributed by atoms with van der Waals surface area (Å²) in [6.45, 7) is 0. The summed E-state index contributed by atoms with van der Waals surface area (Å²) >= 11 is 0. The summed E-state index contributed by atoms with van der Waals surface area (Å²) in [4.78, 5) is 10.4. The van der Waals surface area contributed by atoms with E-state index in [0.717, 1.165) is 0 Å². The molecule has 7 heteroatoms. The zero-order valence-corrected chi connectivity index (χ0v) is 6.57. The smallest absolute Gasteiger partial charge is 0.335 e. The molecule has 7 nitrogen and oxygen atoms in total. The Morgan fingerprint density at radius 3 is 2.23 bits per heavy atom. The third-order valence-corrected chi connectivity index (χ3v) is 1.91. The van der Waals surface area contributed by atoms with Crippen molar-refractivity contribution in [1.29, 1.82) is 0 Å². The Balaban J connectivity index is 2.76. The van der Waals surface area contributed by atoms with Gasteiger partial charge >= 0.3 is 5.97 Å². The molecule has 0 amide bonds. The molecule has 13 heavy (non-hydrogen) atoms. The first-order valence-electron chi connectivity index (χ1n) is 3.63. The van der Waals surface area contributed by atoms with Crippen LogP contribution in [0.1, 0.15) is 0 Å². The summed E-state index contributed by atoms with van der Waals surface area (Å²) in [7, 11) is 0. The molecular weight excluding hydrogens is 182 g/mol. The number of aliphatic carboxylic acids is 1. The van der Waals surface area contributed by atoms with Gasteiger partial charge in [-0.15, -0.1) is 0 Å². The fourth-order valence-corrected chi connectivity index (χ4v) is 1.10. The van der Waals surface area contributed by atoms with E-state index in [1.807, 2.05) is 0 Å². The van der Waals surface area contributed by atoms with Crippen molar-refractivity contribution in [2.45, 2.75) is 30.6 Å². The predicted molar refractivity (Wildman–Crippen MR) is 38.5 cm³/mol. The average Bonchev–Trinajstić information content (AvgIpc) is 2.07. The summed E-state index contributed by atoms with van der Waals surface area (Å²) < 4.78 is 4.46. The van der Waals surface area contributed by atoms with Crippen LogP contribution >= 0.6 is 0 Å². The Kier molecular flexibility index (Phi) is 2.84. The molecule has 0 aliphatic carbocycles. The normalized spacial score (nSPS) is 46.0. The lowest BCUT2D eigenvalue weighted by molar-refractivity contribution is -0.244. The van der Waals surface area contributed by atoms with Gasteiger partial charge in [0.1, 0.15) is 12.2 Å². The second-order valence-electron chi connectivity index (χ2n) is 2.84. The number of hydrogen-bond donors (Lipinski definition) is 5. The van der Waals surface area contributed by atoms with E-state index in [4.69, 9.17) is 26.2 Å². The molecule has 1 heterocycles. The van der Waals surface area contributed by atoms with Crippen molar-refractivity contribution < 1.29 is 30.0 Å². The van der Waals surface area contributed by atoms with Crippen LogP contribution in [-0.2, 0) is 9.53 Å². The summed E-state index contributed by atoms with van der Waals surface area (Å²) in [5.74, 6) is -1.46. The van der Waals surface area contributed by atoms with Crippen LogP contribution in [0.2, 0.25) is 0 Å². The molecule has 0 aromatic heterocycles. The maximum absolute atomic E-state index is 10.4. The van der Waals surface area contributed by atoms with Crippen molar-refractivity contribution in [3.63, 3.8) is 0 Å². The standard InChI is InChI=1S/C6H11NO6/c7-1-2(8)3(9)4(5(10)11)13-6(1)12/h1-4,6,8-9,12H,7H2,(H,10,11)/t1-,2?,3?,4-,6?/m0/s1. The lowest BCUT2D eigenvalue weighted by atomic mass is 9.98. The minimum atomic E-state index is -1.65. The highest BCUT2D eigenvalue weighted by atomic mass is 16.6. The molecule has 0 saturated carbocycles. The molecule has 0 bridgehead atoms. The molecule has 3 unspecified atom stereocenters. The number of aliphatic hydroxyl groups is 3. The van der Waals surface area contributed by atoms with Crippen LogP contribution in [0.25, 0.3) is 0 Å². The number of rotatable bonds is 1. The lowest BCUT2D eigenvalue weighted by Crippen LogP contribution is -2.62. The highest BCUT2D eigenvalue weighted by Gasteiger charge is 2.45. The van der Waals surface area contributed by atoms with Gasteiger partial charge in [-0.2, -0.15) is 0 Å². The highest BCUT2D eigenvalue weighted by Crippen LogP contribution is 2.18. The summed E-state index contributed by atoms with van der Waals surface area (Å²) in [6, 6.07) is -1.20. The van der Waals surface area contributed by atoms with Crippen LogP contribution < -0.4 is 5.73 Å². The van der Waals surface area contributed by atoms with Gasteiger partial charge < -0.3 is 30.9 Å². The van der Waals surface area contributed by atoms with Crippen molar-refractivity contribution >= 4 is 5.97 Å². The fraction of sp³-hybridized carbons (Fsp3) is 0.833. The lowest BCUT2D eigenvalue weighted by Gasteiger charge is -2.36. The number of carbonyl (C=O) groups is 1. The van der Waals surface area contributed by atoms with Gasteiger partial charge in [0.2, 0.25) is 0 Å². The quantitative estimate of drug-likeness (QED) is 0.296. The zero-order valence-electron chi connectivity index (χ0n) is 6.57. The second-order valence-corrected chi connectivity index (χ2v) is 2.84. The summed E-state index contributed by atoms with van der Waals surface area (Å²) in [5, 5.41) is 35.8. The Labute approximate surface area is 73.4 Å². The SMILES string of the molecule is N[C@@H]1C(O)O[C@H](C(=O)O)C(O)C1O. The van der Waals surface area contributed by atoms with Crippen LogP contribution in [0.3, 0.4) is 0 Å². The topological polar surface area (TPSA) is 133 Å². The van der Waals surface area contributed by atoms with Crippen LogP contribution in [0.5, 0.6) is 0 Å². The third kappa shape index (κ3) is 1.79. The molecule has 76 valence electrons. The van der Waals surface area contributed by atoms with Gasteiger partial charge in [0.05, 0.1) is 6.04 Å². The van der Waals surface area contributed by atoms with Gasteiger partial charge in [-0.3, -0.25) is 0 Å². The summed E-state index contributed by atoms with van der Waals surface area (Å²) in [6.07, 6.45) is -6.37. The molecule has 1 aliphatic rings. The Bertz CT molecular complexity index is 209. The first-order valence-corrected chi connectivity index (χ1v) is 3.63.